The summed E-state index contributed by atoms with van der Waals surface area (Å²) < 4.78 is 32.3. The summed E-state index contributed by atoms with van der Waals surface area (Å²) in [4.78, 5) is 50.9. The molecule has 0 radical (unpaired) electrons. The number of carbonyl (C=O) groups is 4. The Labute approximate surface area is 172 Å². The second-order valence-corrected chi connectivity index (χ2v) is 9.03. The number of morpholine rings is 1. The van der Waals surface area contributed by atoms with Gasteiger partial charge in [-0.3, -0.25) is 24.5 Å². The molecule has 0 bridgehead atoms. The second kappa shape index (κ2) is 7.78. The molecule has 1 N–H and O–H groups in total. The van der Waals surface area contributed by atoms with Crippen LogP contribution in [0, 0.1) is 0 Å². The number of amides is 4. The third kappa shape index (κ3) is 3.57. The van der Waals surface area contributed by atoms with Gasteiger partial charge in [0.15, 0.2) is 0 Å². The Morgan fingerprint density at radius 3 is 2.03 bits per heavy atom. The van der Waals surface area contributed by atoms with Crippen molar-refractivity contribution < 1.29 is 32.3 Å². The first-order chi connectivity index (χ1) is 14.3. The lowest BCUT2D eigenvalue weighted by Gasteiger charge is -2.35. The summed E-state index contributed by atoms with van der Waals surface area (Å²) in [5, 5.41) is 2.12. The van der Waals surface area contributed by atoms with Crippen LogP contribution in [0.4, 0.5) is 0 Å². The Morgan fingerprint density at radius 2 is 1.40 bits per heavy atom. The molecule has 0 unspecified atom stereocenters. The van der Waals surface area contributed by atoms with Gasteiger partial charge >= 0.3 is 11.8 Å². The van der Waals surface area contributed by atoms with Crippen molar-refractivity contribution in [1.29, 1.82) is 0 Å². The number of ether oxygens (including phenoxy) is 1. The largest absolute Gasteiger partial charge is 0.378 e. The van der Waals surface area contributed by atoms with Crippen LogP contribution in [-0.2, 0) is 24.3 Å². The smallest absolute Gasteiger partial charge is 0.312 e. The average molecular weight is 436 g/mol. The summed E-state index contributed by atoms with van der Waals surface area (Å²) in [6.45, 7) is 1.68. The minimum atomic E-state index is -3.92. The summed E-state index contributed by atoms with van der Waals surface area (Å²) in [6.07, 6.45) is 0. The Hall–Kier alpha value is -2.83. The van der Waals surface area contributed by atoms with E-state index in [2.05, 4.69) is 5.32 Å². The van der Waals surface area contributed by atoms with Gasteiger partial charge in [0.25, 0.3) is 11.8 Å². The first-order valence-corrected chi connectivity index (χ1v) is 10.9. The number of sulfonamides is 1. The third-order valence-corrected chi connectivity index (χ3v) is 7.25. The molecule has 4 rings (SSSR count). The van der Waals surface area contributed by atoms with E-state index in [1.165, 1.54) is 32.3 Å². The Kier molecular flexibility index (Phi) is 5.30. The zero-order valence-corrected chi connectivity index (χ0v) is 16.8. The van der Waals surface area contributed by atoms with Crippen molar-refractivity contribution in [3.63, 3.8) is 0 Å². The summed E-state index contributed by atoms with van der Waals surface area (Å²) in [5.41, 5.74) is 0.155. The molecule has 4 amide bonds. The predicted molar refractivity (Wildman–Crippen MR) is 101 cm³/mol. The lowest BCUT2D eigenvalue weighted by atomic mass is 10.1. The lowest BCUT2D eigenvalue weighted by molar-refractivity contribution is -0.154. The monoisotopic (exact) mass is 436 g/mol. The molecule has 0 saturated carbocycles. The van der Waals surface area contributed by atoms with E-state index in [-0.39, 0.29) is 42.2 Å². The number of imide groups is 1. The van der Waals surface area contributed by atoms with Gasteiger partial charge in [0.2, 0.25) is 10.0 Å². The van der Waals surface area contributed by atoms with E-state index in [0.29, 0.717) is 26.3 Å². The van der Waals surface area contributed by atoms with Crippen LogP contribution in [0.25, 0.3) is 0 Å². The molecule has 2 fully saturated rings. The molecule has 1 aromatic carbocycles. The molecule has 12 heteroatoms. The molecule has 0 aliphatic carbocycles. The number of nitrogens with zero attached hydrogens (tertiary/aromatic N) is 3. The molecule has 2 saturated heterocycles. The molecule has 30 heavy (non-hydrogen) atoms. The van der Waals surface area contributed by atoms with Crippen LogP contribution in [0.1, 0.15) is 20.7 Å². The van der Waals surface area contributed by atoms with Crippen LogP contribution < -0.4 is 5.32 Å². The van der Waals surface area contributed by atoms with Gasteiger partial charge < -0.3 is 14.5 Å². The van der Waals surface area contributed by atoms with Gasteiger partial charge in [-0.15, -0.1) is 0 Å². The maximum atomic E-state index is 12.9. The van der Waals surface area contributed by atoms with E-state index in [1.54, 1.807) is 0 Å². The molecular formula is C18H20N4O7S. The van der Waals surface area contributed by atoms with Gasteiger partial charge in [0.1, 0.15) is 0 Å². The average Bonchev–Trinajstić information content (AvgIpc) is 3.06. The Morgan fingerprint density at radius 1 is 0.833 bits per heavy atom. The SMILES string of the molecule is O=C1NC(=O)c2cc(S(=O)(=O)N3CCN(C(=O)C(=O)N4CCOCC4)CC3)ccc21. The van der Waals surface area contributed by atoms with E-state index in [9.17, 15) is 27.6 Å². The molecule has 160 valence electrons. The predicted octanol–water partition coefficient (Wildman–Crippen LogP) is -1.74. The van der Waals surface area contributed by atoms with Crippen LogP contribution in [-0.4, -0.2) is 98.6 Å². The molecule has 3 aliphatic heterocycles. The molecule has 11 nitrogen and oxygen atoms in total. The number of benzene rings is 1. The minimum absolute atomic E-state index is 0.0194. The van der Waals surface area contributed by atoms with Crippen molar-refractivity contribution in [2.75, 3.05) is 52.5 Å². The van der Waals surface area contributed by atoms with Crippen molar-refractivity contribution in [2.45, 2.75) is 4.90 Å². The zero-order valence-electron chi connectivity index (χ0n) is 16.0. The number of piperazine rings is 1. The molecular weight excluding hydrogens is 416 g/mol. The lowest BCUT2D eigenvalue weighted by Crippen LogP contribution is -2.55. The molecule has 0 atom stereocenters. The summed E-state index contributed by atoms with van der Waals surface area (Å²) in [7, 11) is -3.92. The van der Waals surface area contributed by atoms with E-state index >= 15 is 0 Å². The van der Waals surface area contributed by atoms with Crippen molar-refractivity contribution in [2.24, 2.45) is 0 Å². The number of carbonyl (C=O) groups excluding carboxylic acids is 4. The van der Waals surface area contributed by atoms with Gasteiger partial charge in [0.05, 0.1) is 29.2 Å². The first-order valence-electron chi connectivity index (χ1n) is 9.45. The molecule has 1 aromatic rings. The summed E-state index contributed by atoms with van der Waals surface area (Å²) >= 11 is 0. The van der Waals surface area contributed by atoms with Crippen molar-refractivity contribution in [3.8, 4) is 0 Å². The molecule has 3 heterocycles. The van der Waals surface area contributed by atoms with Crippen LogP contribution in [0.2, 0.25) is 0 Å². The quantitative estimate of drug-likeness (QED) is 0.430. The van der Waals surface area contributed by atoms with Crippen LogP contribution in [0.5, 0.6) is 0 Å². The van der Waals surface area contributed by atoms with Crippen molar-refractivity contribution in [1.82, 2.24) is 19.4 Å². The molecule has 0 aromatic heterocycles. The van der Waals surface area contributed by atoms with Gasteiger partial charge in [0, 0.05) is 39.3 Å². The zero-order chi connectivity index (χ0) is 21.5. The fourth-order valence-electron chi connectivity index (χ4n) is 3.63. The standard InChI is InChI=1S/C18H20N4O7S/c23-15-13-2-1-12(11-14(13)16(24)19-15)30(27,28)22-5-3-20(4-6-22)17(25)18(26)21-7-9-29-10-8-21/h1-2,11H,3-10H2,(H,19,23,24). The highest BCUT2D eigenvalue weighted by molar-refractivity contribution is 7.89. The van der Waals surface area contributed by atoms with E-state index in [4.69, 9.17) is 4.74 Å². The van der Waals surface area contributed by atoms with Gasteiger partial charge in [-0.1, -0.05) is 0 Å². The highest BCUT2D eigenvalue weighted by Crippen LogP contribution is 2.23. The van der Waals surface area contributed by atoms with Crippen molar-refractivity contribution >= 4 is 33.7 Å². The Balaban J connectivity index is 1.43. The fourth-order valence-corrected chi connectivity index (χ4v) is 5.07. The number of rotatable bonds is 2. The minimum Gasteiger partial charge on any atom is -0.378 e. The Bertz CT molecular complexity index is 1020. The number of nitrogens with one attached hydrogen (secondary N) is 1. The maximum Gasteiger partial charge on any atom is 0.312 e. The topological polar surface area (TPSA) is 133 Å². The number of fused-ring (bicyclic) bond motifs is 1. The normalized spacial score (nSPS) is 20.1. The fraction of sp³-hybridized carbons (Fsp3) is 0.444. The third-order valence-electron chi connectivity index (χ3n) is 5.35. The van der Waals surface area contributed by atoms with Gasteiger partial charge in [-0.25, -0.2) is 8.42 Å². The van der Waals surface area contributed by atoms with Crippen LogP contribution in [0.3, 0.4) is 0 Å². The maximum absolute atomic E-state index is 12.9. The first kappa shape index (κ1) is 20.4. The van der Waals surface area contributed by atoms with E-state index < -0.39 is 33.7 Å². The summed E-state index contributed by atoms with van der Waals surface area (Å²) in [5.74, 6) is -2.45. The van der Waals surface area contributed by atoms with E-state index in [0.717, 1.165) is 0 Å². The van der Waals surface area contributed by atoms with Crippen LogP contribution >= 0.6 is 0 Å². The summed E-state index contributed by atoms with van der Waals surface area (Å²) in [6, 6.07) is 3.78. The number of hydrogen-bond acceptors (Lipinski definition) is 7. The van der Waals surface area contributed by atoms with Gasteiger partial charge in [-0.05, 0) is 18.2 Å². The highest BCUT2D eigenvalue weighted by atomic mass is 32.2. The molecule has 3 aliphatic rings. The van der Waals surface area contributed by atoms with E-state index in [1.807, 2.05) is 0 Å². The second-order valence-electron chi connectivity index (χ2n) is 7.09. The molecule has 0 spiro atoms. The van der Waals surface area contributed by atoms with Gasteiger partial charge in [-0.2, -0.15) is 4.31 Å². The highest BCUT2D eigenvalue weighted by Gasteiger charge is 2.35. The van der Waals surface area contributed by atoms with Crippen LogP contribution in [0.15, 0.2) is 23.1 Å². The number of hydrogen-bond donors (Lipinski definition) is 1. The van der Waals surface area contributed by atoms with Crippen molar-refractivity contribution in [3.05, 3.63) is 29.3 Å².